The highest BCUT2D eigenvalue weighted by molar-refractivity contribution is 7.88. The lowest BCUT2D eigenvalue weighted by atomic mass is 9.62. The monoisotopic (exact) mass is 451 g/mol. The number of hydrogen-bond acceptors (Lipinski definition) is 4. The average Bonchev–Trinajstić information content (AvgIpc) is 3.38. The van der Waals surface area contributed by atoms with E-state index in [4.69, 9.17) is 0 Å². The summed E-state index contributed by atoms with van der Waals surface area (Å²) in [4.78, 5) is 0. The zero-order chi connectivity index (χ0) is 21.5. The highest BCUT2D eigenvalue weighted by Crippen LogP contribution is 2.48. The molecule has 2 heterocycles. The van der Waals surface area contributed by atoms with Crippen LogP contribution in [0.3, 0.4) is 0 Å². The van der Waals surface area contributed by atoms with Gasteiger partial charge in [-0.1, -0.05) is 0 Å². The van der Waals surface area contributed by atoms with Gasteiger partial charge < -0.3 is 0 Å². The number of sulfonamides is 1. The van der Waals surface area contributed by atoms with Crippen molar-refractivity contribution in [3.05, 3.63) is 0 Å². The number of halogens is 3. The van der Waals surface area contributed by atoms with Gasteiger partial charge in [0.1, 0.15) is 6.17 Å². The second-order valence-electron chi connectivity index (χ2n) is 10.1. The molecule has 5 atom stereocenters. The van der Waals surface area contributed by atoms with Crippen molar-refractivity contribution in [2.24, 2.45) is 29.6 Å². The lowest BCUT2D eigenvalue weighted by Crippen LogP contribution is -2.47. The third-order valence-electron chi connectivity index (χ3n) is 8.39. The molecule has 0 aromatic carbocycles. The second kappa shape index (κ2) is 9.24. The number of alkyl halides is 3. The maximum atomic E-state index is 13.6. The van der Waals surface area contributed by atoms with Crippen LogP contribution in [0.4, 0.5) is 13.2 Å². The zero-order valence-electron chi connectivity index (χ0n) is 17.9. The van der Waals surface area contributed by atoms with E-state index < -0.39 is 22.7 Å². The van der Waals surface area contributed by atoms with Crippen LogP contribution in [0.25, 0.3) is 0 Å². The summed E-state index contributed by atoms with van der Waals surface area (Å²) in [6.45, 7) is -1.02. The highest BCUT2D eigenvalue weighted by atomic mass is 32.2. The topological polar surface area (TPSA) is 52.7 Å². The fourth-order valence-corrected chi connectivity index (χ4v) is 7.68. The first-order chi connectivity index (χ1) is 14.2. The molecule has 9 heteroatoms. The van der Waals surface area contributed by atoms with Gasteiger partial charge in [-0.05, 0) is 87.4 Å². The van der Waals surface area contributed by atoms with Crippen LogP contribution in [0.1, 0.15) is 57.8 Å². The summed E-state index contributed by atoms with van der Waals surface area (Å²) >= 11 is 0. The summed E-state index contributed by atoms with van der Waals surface area (Å²) in [6, 6.07) is 0.0246. The number of hydrogen-bond donors (Lipinski definition) is 1. The van der Waals surface area contributed by atoms with Crippen LogP contribution in [0, 0.1) is 29.6 Å². The van der Waals surface area contributed by atoms with Crippen molar-refractivity contribution in [1.29, 1.82) is 0 Å². The van der Waals surface area contributed by atoms with E-state index in [0.717, 1.165) is 43.5 Å². The molecule has 0 radical (unpaired) electrons. The predicted octanol–water partition coefficient (Wildman–Crippen LogP) is 3.63. The quantitative estimate of drug-likeness (QED) is 0.649. The third-order valence-corrected chi connectivity index (χ3v) is 9.66. The molecule has 5 unspecified atom stereocenters. The summed E-state index contributed by atoms with van der Waals surface area (Å²) < 4.78 is 65.6. The Labute approximate surface area is 178 Å². The molecular formula is C21H36F3N3O2S. The Hall–Kier alpha value is -0.380. The standard InChI is InChI=1S/C21H36F3N3O2S/c1-30(28,29)26-10-8-16(13-26)18-7-4-15(14-2-5-17(22)6-3-14)12-19(18)20-9-11-27(25-20)21(23)24/h14-21,25H,2-13H2,1H3. The normalized spacial score (nSPS) is 42.2. The molecule has 4 fully saturated rings. The molecule has 2 aliphatic heterocycles. The molecular weight excluding hydrogens is 415 g/mol. The molecule has 0 bridgehead atoms. The Kier molecular flexibility index (Phi) is 7.02. The van der Waals surface area contributed by atoms with Crippen LogP contribution in [0.15, 0.2) is 0 Å². The van der Waals surface area contributed by atoms with Crippen molar-refractivity contribution < 1.29 is 21.6 Å². The number of hydrazine groups is 1. The first kappa shape index (κ1) is 22.8. The summed E-state index contributed by atoms with van der Waals surface area (Å²) in [5.41, 5.74) is 3.08. The minimum atomic E-state index is -3.19. The number of nitrogens with zero attached hydrogens (tertiary/aromatic N) is 2. The first-order valence-electron chi connectivity index (χ1n) is 11.6. The Morgan fingerprint density at radius 2 is 1.57 bits per heavy atom. The van der Waals surface area contributed by atoms with Crippen molar-refractivity contribution in [1.82, 2.24) is 14.7 Å². The van der Waals surface area contributed by atoms with Gasteiger partial charge in [0.05, 0.1) is 6.26 Å². The fraction of sp³-hybridized carbons (Fsp3) is 1.00. The van der Waals surface area contributed by atoms with Gasteiger partial charge in [0, 0.05) is 25.7 Å². The van der Waals surface area contributed by atoms with Gasteiger partial charge in [-0.2, -0.15) is 13.8 Å². The minimum Gasteiger partial charge on any atom is -0.247 e. The summed E-state index contributed by atoms with van der Waals surface area (Å²) in [7, 11) is -3.19. The van der Waals surface area contributed by atoms with E-state index in [1.165, 1.54) is 6.26 Å². The Bertz CT molecular complexity index is 687. The molecule has 1 N–H and O–H groups in total. The Balaban J connectivity index is 1.47. The molecule has 2 aliphatic carbocycles. The van der Waals surface area contributed by atoms with Crippen LogP contribution in [0.2, 0.25) is 0 Å². The summed E-state index contributed by atoms with van der Waals surface area (Å²) in [5.74, 6) is 2.02. The maximum absolute atomic E-state index is 13.6. The first-order valence-corrected chi connectivity index (χ1v) is 13.5. The molecule has 5 nitrogen and oxygen atoms in total. The third kappa shape index (κ3) is 4.99. The summed E-state index contributed by atoms with van der Waals surface area (Å²) in [5, 5.41) is 1.05. The SMILES string of the molecule is CS(=O)(=O)N1CCC(C2CCC(C3CCC(F)CC3)CC2C2CCN(C(F)F)N2)C1. The van der Waals surface area contributed by atoms with E-state index in [1.807, 2.05) is 0 Å². The summed E-state index contributed by atoms with van der Waals surface area (Å²) in [6.07, 6.45) is 8.49. The zero-order valence-corrected chi connectivity index (χ0v) is 18.7. The van der Waals surface area contributed by atoms with Crippen molar-refractivity contribution in [3.63, 3.8) is 0 Å². The van der Waals surface area contributed by atoms with Crippen LogP contribution in [-0.4, -0.2) is 62.4 Å². The van der Waals surface area contributed by atoms with E-state index in [1.54, 1.807) is 4.31 Å². The molecule has 2 saturated carbocycles. The molecule has 0 aromatic heterocycles. The average molecular weight is 452 g/mol. The smallest absolute Gasteiger partial charge is 0.247 e. The van der Waals surface area contributed by atoms with E-state index in [2.05, 4.69) is 5.43 Å². The van der Waals surface area contributed by atoms with Gasteiger partial charge in [-0.15, -0.1) is 0 Å². The molecule has 0 aromatic rings. The van der Waals surface area contributed by atoms with Gasteiger partial charge in [0.2, 0.25) is 10.0 Å². The lowest BCUT2D eigenvalue weighted by Gasteiger charge is -2.45. The van der Waals surface area contributed by atoms with Crippen molar-refractivity contribution in [2.45, 2.75) is 76.6 Å². The lowest BCUT2D eigenvalue weighted by molar-refractivity contribution is -0.0516. The largest absolute Gasteiger partial charge is 0.306 e. The Morgan fingerprint density at radius 3 is 2.17 bits per heavy atom. The van der Waals surface area contributed by atoms with E-state index in [0.29, 0.717) is 62.6 Å². The molecule has 2 saturated heterocycles. The fourth-order valence-electron chi connectivity index (χ4n) is 6.78. The van der Waals surface area contributed by atoms with Gasteiger partial charge in [0.25, 0.3) is 0 Å². The highest BCUT2D eigenvalue weighted by Gasteiger charge is 2.46. The van der Waals surface area contributed by atoms with Gasteiger partial charge >= 0.3 is 6.55 Å². The second-order valence-corrected chi connectivity index (χ2v) is 12.1. The van der Waals surface area contributed by atoms with Crippen LogP contribution < -0.4 is 5.43 Å². The van der Waals surface area contributed by atoms with Crippen LogP contribution >= 0.6 is 0 Å². The van der Waals surface area contributed by atoms with Gasteiger partial charge in [-0.25, -0.2) is 22.5 Å². The molecule has 174 valence electrons. The predicted molar refractivity (Wildman–Crippen MR) is 110 cm³/mol. The van der Waals surface area contributed by atoms with Crippen molar-refractivity contribution >= 4 is 10.0 Å². The minimum absolute atomic E-state index is 0.0246. The maximum Gasteiger partial charge on any atom is 0.306 e. The molecule has 4 aliphatic rings. The van der Waals surface area contributed by atoms with E-state index in [9.17, 15) is 21.6 Å². The Morgan fingerprint density at radius 1 is 0.867 bits per heavy atom. The van der Waals surface area contributed by atoms with E-state index >= 15 is 0 Å². The van der Waals surface area contributed by atoms with E-state index in [-0.39, 0.29) is 12.0 Å². The molecule has 0 amide bonds. The van der Waals surface area contributed by atoms with Crippen LogP contribution in [0.5, 0.6) is 0 Å². The molecule has 4 rings (SSSR count). The molecule has 30 heavy (non-hydrogen) atoms. The molecule has 0 spiro atoms. The van der Waals surface area contributed by atoms with Crippen LogP contribution in [-0.2, 0) is 10.0 Å². The number of nitrogens with one attached hydrogen (secondary N) is 1. The van der Waals surface area contributed by atoms with Gasteiger partial charge in [0.15, 0.2) is 0 Å². The van der Waals surface area contributed by atoms with Crippen molar-refractivity contribution in [3.8, 4) is 0 Å². The van der Waals surface area contributed by atoms with Crippen molar-refractivity contribution in [2.75, 3.05) is 25.9 Å². The van der Waals surface area contributed by atoms with Gasteiger partial charge in [-0.3, -0.25) is 0 Å². The number of rotatable bonds is 5.